The molecule has 0 N–H and O–H groups in total. The average molecular weight is 319 g/mol. The molecule has 0 radical (unpaired) electrons. The fraction of sp³-hybridized carbons (Fsp3) is 0.818. The standard InChI is InChI=1S/C22H38O/c1-15-7-9-17(3)21(19(15)5)11-13-23-14-12-22-18(4)10-8-16(2)20(22)6/h9-10,15-16,19-22H,7-8,11-14H2,1-6H3. The molecular formula is C22H38O. The van der Waals surface area contributed by atoms with E-state index >= 15 is 0 Å². The summed E-state index contributed by atoms with van der Waals surface area (Å²) in [6, 6.07) is 0. The van der Waals surface area contributed by atoms with E-state index in [9.17, 15) is 0 Å². The summed E-state index contributed by atoms with van der Waals surface area (Å²) in [5, 5.41) is 0. The van der Waals surface area contributed by atoms with Crippen molar-refractivity contribution in [1.82, 2.24) is 0 Å². The Morgan fingerprint density at radius 3 is 1.57 bits per heavy atom. The second kappa shape index (κ2) is 8.51. The number of ether oxygens (including phenoxy) is 1. The minimum atomic E-state index is 0.731. The highest BCUT2D eigenvalue weighted by Gasteiger charge is 2.28. The van der Waals surface area contributed by atoms with Gasteiger partial charge in [0.25, 0.3) is 0 Å². The second-order valence-corrected chi connectivity index (χ2v) is 8.44. The lowest BCUT2D eigenvalue weighted by atomic mass is 9.72. The molecule has 0 saturated carbocycles. The SMILES string of the molecule is CC1=CCC(C)C(C)C1CCOCCC1C(C)=CCC(C)C1C. The highest BCUT2D eigenvalue weighted by Crippen LogP contribution is 2.37. The first kappa shape index (κ1) is 18.8. The predicted octanol–water partition coefficient (Wildman–Crippen LogP) is 6.26. The van der Waals surface area contributed by atoms with Gasteiger partial charge in [0.05, 0.1) is 0 Å². The van der Waals surface area contributed by atoms with Crippen molar-refractivity contribution >= 4 is 0 Å². The lowest BCUT2D eigenvalue weighted by Gasteiger charge is -2.34. The van der Waals surface area contributed by atoms with Crippen molar-refractivity contribution in [2.75, 3.05) is 13.2 Å². The normalized spacial score (nSPS) is 38.2. The van der Waals surface area contributed by atoms with Gasteiger partial charge in [0.1, 0.15) is 0 Å². The van der Waals surface area contributed by atoms with E-state index in [2.05, 4.69) is 53.7 Å². The van der Waals surface area contributed by atoms with E-state index < -0.39 is 0 Å². The van der Waals surface area contributed by atoms with Crippen LogP contribution in [0.5, 0.6) is 0 Å². The van der Waals surface area contributed by atoms with Crippen LogP contribution >= 0.6 is 0 Å². The smallest absolute Gasteiger partial charge is 0.0471 e. The van der Waals surface area contributed by atoms with Crippen LogP contribution in [0, 0.1) is 35.5 Å². The lowest BCUT2D eigenvalue weighted by Crippen LogP contribution is -2.26. The maximum atomic E-state index is 6.05. The molecule has 0 spiro atoms. The van der Waals surface area contributed by atoms with E-state index in [1.807, 2.05) is 0 Å². The van der Waals surface area contributed by atoms with Crippen LogP contribution in [-0.2, 0) is 4.74 Å². The molecule has 0 aromatic rings. The summed E-state index contributed by atoms with van der Waals surface area (Å²) in [5.41, 5.74) is 3.18. The van der Waals surface area contributed by atoms with Crippen LogP contribution in [0.4, 0.5) is 0 Å². The van der Waals surface area contributed by atoms with Crippen molar-refractivity contribution in [3.63, 3.8) is 0 Å². The van der Waals surface area contributed by atoms with Crippen LogP contribution in [0.3, 0.4) is 0 Å². The lowest BCUT2D eigenvalue weighted by molar-refractivity contribution is 0.0917. The number of hydrogen-bond acceptors (Lipinski definition) is 1. The molecule has 2 rings (SSSR count). The highest BCUT2D eigenvalue weighted by molar-refractivity contribution is 5.11. The van der Waals surface area contributed by atoms with Crippen molar-refractivity contribution in [2.45, 2.75) is 67.2 Å². The summed E-state index contributed by atoms with van der Waals surface area (Å²) in [5.74, 6) is 4.70. The monoisotopic (exact) mass is 318 g/mol. The molecule has 0 aliphatic heterocycles. The molecule has 6 unspecified atom stereocenters. The van der Waals surface area contributed by atoms with Gasteiger partial charge in [-0.25, -0.2) is 0 Å². The third-order valence-electron chi connectivity index (χ3n) is 7.00. The van der Waals surface area contributed by atoms with Crippen molar-refractivity contribution in [3.8, 4) is 0 Å². The molecule has 1 heteroatoms. The molecular weight excluding hydrogens is 280 g/mol. The number of allylic oxidation sites excluding steroid dienone is 4. The molecule has 0 amide bonds. The van der Waals surface area contributed by atoms with Crippen LogP contribution < -0.4 is 0 Å². The van der Waals surface area contributed by atoms with Gasteiger partial charge in [0.2, 0.25) is 0 Å². The number of hydrogen-bond donors (Lipinski definition) is 0. The fourth-order valence-electron chi connectivity index (χ4n) is 4.60. The Hall–Kier alpha value is -0.560. The molecule has 0 fully saturated rings. The summed E-state index contributed by atoms with van der Waals surface area (Å²) < 4.78 is 6.05. The highest BCUT2D eigenvalue weighted by atomic mass is 16.5. The Kier molecular flexibility index (Phi) is 6.95. The van der Waals surface area contributed by atoms with Gasteiger partial charge in [0.15, 0.2) is 0 Å². The van der Waals surface area contributed by atoms with Gasteiger partial charge in [-0.1, -0.05) is 51.0 Å². The topological polar surface area (TPSA) is 9.23 Å². The third-order valence-corrected chi connectivity index (χ3v) is 7.00. The van der Waals surface area contributed by atoms with E-state index in [1.165, 1.54) is 25.7 Å². The fourth-order valence-corrected chi connectivity index (χ4v) is 4.60. The Labute approximate surface area is 144 Å². The van der Waals surface area contributed by atoms with Crippen LogP contribution in [0.25, 0.3) is 0 Å². The summed E-state index contributed by atoms with van der Waals surface area (Å²) in [7, 11) is 0. The third kappa shape index (κ3) is 4.72. The average Bonchev–Trinajstić information content (AvgIpc) is 2.53. The van der Waals surface area contributed by atoms with Crippen molar-refractivity contribution in [1.29, 1.82) is 0 Å². The Morgan fingerprint density at radius 2 is 1.17 bits per heavy atom. The first-order valence-corrected chi connectivity index (χ1v) is 9.82. The minimum absolute atomic E-state index is 0.731. The van der Waals surface area contributed by atoms with Crippen molar-refractivity contribution in [2.24, 2.45) is 35.5 Å². The van der Waals surface area contributed by atoms with Gasteiger partial charge in [0, 0.05) is 13.2 Å². The Balaban J connectivity index is 1.71. The predicted molar refractivity (Wildman–Crippen MR) is 100 cm³/mol. The zero-order valence-electron chi connectivity index (χ0n) is 16.3. The van der Waals surface area contributed by atoms with E-state index in [0.29, 0.717) is 0 Å². The zero-order valence-corrected chi connectivity index (χ0v) is 16.3. The van der Waals surface area contributed by atoms with E-state index in [4.69, 9.17) is 4.74 Å². The Morgan fingerprint density at radius 1 is 0.783 bits per heavy atom. The van der Waals surface area contributed by atoms with Crippen molar-refractivity contribution in [3.05, 3.63) is 23.3 Å². The molecule has 23 heavy (non-hydrogen) atoms. The summed E-state index contributed by atoms with van der Waals surface area (Å²) in [4.78, 5) is 0. The molecule has 1 nitrogen and oxygen atoms in total. The van der Waals surface area contributed by atoms with Gasteiger partial charge in [-0.2, -0.15) is 0 Å². The second-order valence-electron chi connectivity index (χ2n) is 8.44. The molecule has 132 valence electrons. The van der Waals surface area contributed by atoms with Gasteiger partial charge in [-0.3, -0.25) is 0 Å². The summed E-state index contributed by atoms with van der Waals surface area (Å²) >= 11 is 0. The maximum Gasteiger partial charge on any atom is 0.0471 e. The molecule has 6 atom stereocenters. The first-order chi connectivity index (χ1) is 10.9. The van der Waals surface area contributed by atoms with E-state index in [-0.39, 0.29) is 0 Å². The minimum Gasteiger partial charge on any atom is -0.381 e. The van der Waals surface area contributed by atoms with Gasteiger partial charge < -0.3 is 4.74 Å². The molecule has 0 saturated heterocycles. The molecule has 0 bridgehead atoms. The molecule has 2 aliphatic rings. The summed E-state index contributed by atoms with van der Waals surface area (Å²) in [6.45, 7) is 16.1. The van der Waals surface area contributed by atoms with Gasteiger partial charge >= 0.3 is 0 Å². The molecule has 2 aliphatic carbocycles. The van der Waals surface area contributed by atoms with Crippen LogP contribution in [0.15, 0.2) is 23.3 Å². The van der Waals surface area contributed by atoms with Crippen molar-refractivity contribution < 1.29 is 4.74 Å². The van der Waals surface area contributed by atoms with E-state index in [1.54, 1.807) is 11.1 Å². The quantitative estimate of drug-likeness (QED) is 0.415. The van der Waals surface area contributed by atoms with Crippen LogP contribution in [0.1, 0.15) is 67.2 Å². The van der Waals surface area contributed by atoms with Gasteiger partial charge in [-0.05, 0) is 75.0 Å². The van der Waals surface area contributed by atoms with Crippen LogP contribution in [0.2, 0.25) is 0 Å². The zero-order chi connectivity index (χ0) is 17.0. The van der Waals surface area contributed by atoms with Gasteiger partial charge in [-0.15, -0.1) is 0 Å². The first-order valence-electron chi connectivity index (χ1n) is 9.82. The van der Waals surface area contributed by atoms with Crippen LogP contribution in [-0.4, -0.2) is 13.2 Å². The summed E-state index contributed by atoms with van der Waals surface area (Å²) in [6.07, 6.45) is 9.81. The molecule has 0 heterocycles. The molecule has 0 aromatic carbocycles. The number of rotatable bonds is 6. The Bertz CT molecular complexity index is 393. The largest absolute Gasteiger partial charge is 0.381 e. The molecule has 0 aromatic heterocycles. The van der Waals surface area contributed by atoms with E-state index in [0.717, 1.165) is 48.7 Å². The maximum absolute atomic E-state index is 6.05.